The molecule has 0 amide bonds. The first kappa shape index (κ1) is 18.5. The van der Waals surface area contributed by atoms with Crippen molar-refractivity contribution in [2.24, 2.45) is 4.99 Å². The largest absolute Gasteiger partial charge is 0.356 e. The smallest absolute Gasteiger partial charge is 0.193 e. The fourth-order valence-corrected chi connectivity index (χ4v) is 3.54. The number of guanidine groups is 1. The second-order valence-corrected chi connectivity index (χ2v) is 6.34. The Balaban J connectivity index is 0.00000220. The highest BCUT2D eigenvalue weighted by atomic mass is 127. The number of pyridine rings is 1. The highest BCUT2D eigenvalue weighted by Crippen LogP contribution is 2.20. The summed E-state index contributed by atoms with van der Waals surface area (Å²) in [6.45, 7) is 5.36. The summed E-state index contributed by atoms with van der Waals surface area (Å²) < 4.78 is 0. The summed E-state index contributed by atoms with van der Waals surface area (Å²) in [6.07, 6.45) is 5.95. The molecule has 1 aliphatic heterocycles. The number of thioether (sulfide) groups is 1. The van der Waals surface area contributed by atoms with Crippen LogP contribution in [0.4, 0.5) is 0 Å². The third-order valence-electron chi connectivity index (χ3n) is 3.53. The van der Waals surface area contributed by atoms with Gasteiger partial charge in [0.15, 0.2) is 5.96 Å². The SMILES string of the molecule is CCC1CN(C(=NC)NCCc2cccnc2)CCS1.I. The van der Waals surface area contributed by atoms with Gasteiger partial charge in [-0.1, -0.05) is 13.0 Å². The molecule has 1 aromatic heterocycles. The highest BCUT2D eigenvalue weighted by Gasteiger charge is 2.21. The van der Waals surface area contributed by atoms with Crippen LogP contribution >= 0.6 is 35.7 Å². The molecule has 6 heteroatoms. The minimum Gasteiger partial charge on any atom is -0.356 e. The molecule has 4 nitrogen and oxygen atoms in total. The van der Waals surface area contributed by atoms with Gasteiger partial charge in [-0.25, -0.2) is 0 Å². The van der Waals surface area contributed by atoms with Crippen molar-refractivity contribution in [1.82, 2.24) is 15.2 Å². The molecule has 0 aromatic carbocycles. The van der Waals surface area contributed by atoms with Crippen LogP contribution in [0.25, 0.3) is 0 Å². The van der Waals surface area contributed by atoms with E-state index in [1.165, 1.54) is 17.7 Å². The van der Waals surface area contributed by atoms with Crippen molar-refractivity contribution >= 4 is 41.7 Å². The van der Waals surface area contributed by atoms with Crippen LogP contribution in [0, 0.1) is 0 Å². The Labute approximate surface area is 149 Å². The number of halogens is 1. The van der Waals surface area contributed by atoms with Gasteiger partial charge in [-0.15, -0.1) is 24.0 Å². The molecular weight excluding hydrogens is 395 g/mol. The molecule has 1 aromatic rings. The summed E-state index contributed by atoms with van der Waals surface area (Å²) in [6, 6.07) is 4.10. The van der Waals surface area contributed by atoms with Crippen molar-refractivity contribution in [3.63, 3.8) is 0 Å². The first-order valence-electron chi connectivity index (χ1n) is 7.29. The molecule has 21 heavy (non-hydrogen) atoms. The molecule has 0 aliphatic carbocycles. The van der Waals surface area contributed by atoms with Gasteiger partial charge in [-0.3, -0.25) is 9.98 Å². The maximum atomic E-state index is 4.42. The van der Waals surface area contributed by atoms with Gasteiger partial charge in [0.1, 0.15) is 0 Å². The van der Waals surface area contributed by atoms with Crippen LogP contribution < -0.4 is 5.32 Å². The van der Waals surface area contributed by atoms with Crippen molar-refractivity contribution in [1.29, 1.82) is 0 Å². The quantitative estimate of drug-likeness (QED) is 0.462. The molecule has 1 saturated heterocycles. The highest BCUT2D eigenvalue weighted by molar-refractivity contribution is 14.0. The average Bonchev–Trinajstić information content (AvgIpc) is 2.52. The predicted octanol–water partition coefficient (Wildman–Crippen LogP) is 2.64. The van der Waals surface area contributed by atoms with Gasteiger partial charge in [0, 0.05) is 50.1 Å². The van der Waals surface area contributed by atoms with Gasteiger partial charge in [-0.05, 0) is 24.5 Å². The Morgan fingerprint density at radius 3 is 3.10 bits per heavy atom. The van der Waals surface area contributed by atoms with E-state index in [9.17, 15) is 0 Å². The Hall–Kier alpha value is -0.500. The van der Waals surface area contributed by atoms with E-state index in [0.717, 1.165) is 37.3 Å². The lowest BCUT2D eigenvalue weighted by Crippen LogP contribution is -2.48. The predicted molar refractivity (Wildman–Crippen MR) is 103 cm³/mol. The normalized spacial score (nSPS) is 19.0. The molecule has 118 valence electrons. The van der Waals surface area contributed by atoms with Crippen molar-refractivity contribution in [3.05, 3.63) is 30.1 Å². The van der Waals surface area contributed by atoms with E-state index in [4.69, 9.17) is 0 Å². The Kier molecular flexibility index (Phi) is 9.07. The maximum absolute atomic E-state index is 4.42. The average molecular weight is 420 g/mol. The van der Waals surface area contributed by atoms with E-state index in [-0.39, 0.29) is 24.0 Å². The van der Waals surface area contributed by atoms with Crippen LogP contribution in [-0.2, 0) is 6.42 Å². The topological polar surface area (TPSA) is 40.5 Å². The van der Waals surface area contributed by atoms with Crippen molar-refractivity contribution in [2.45, 2.75) is 25.0 Å². The molecular formula is C15H25IN4S. The molecule has 1 aliphatic rings. The van der Waals surface area contributed by atoms with Crippen molar-refractivity contribution in [3.8, 4) is 0 Å². The Morgan fingerprint density at radius 2 is 2.43 bits per heavy atom. The Bertz CT molecular complexity index is 427. The lowest BCUT2D eigenvalue weighted by Gasteiger charge is -2.34. The molecule has 0 spiro atoms. The molecule has 1 unspecified atom stereocenters. The molecule has 0 bridgehead atoms. The minimum atomic E-state index is 0. The zero-order valence-electron chi connectivity index (χ0n) is 12.8. The number of aliphatic imine (C=N–C) groups is 1. The zero-order valence-corrected chi connectivity index (χ0v) is 15.9. The first-order valence-corrected chi connectivity index (χ1v) is 8.34. The third-order valence-corrected chi connectivity index (χ3v) is 4.90. The van der Waals surface area contributed by atoms with E-state index in [0.29, 0.717) is 0 Å². The molecule has 2 heterocycles. The van der Waals surface area contributed by atoms with E-state index in [1.807, 2.05) is 25.5 Å². The fourth-order valence-electron chi connectivity index (χ4n) is 2.36. The van der Waals surface area contributed by atoms with E-state index >= 15 is 0 Å². The van der Waals surface area contributed by atoms with E-state index in [2.05, 4.69) is 44.9 Å². The second-order valence-electron chi connectivity index (χ2n) is 4.93. The number of nitrogens with one attached hydrogen (secondary N) is 1. The van der Waals surface area contributed by atoms with Gasteiger partial charge in [0.05, 0.1) is 0 Å². The minimum absolute atomic E-state index is 0. The number of nitrogens with zero attached hydrogens (tertiary/aromatic N) is 3. The summed E-state index contributed by atoms with van der Waals surface area (Å²) in [5, 5.41) is 4.21. The Morgan fingerprint density at radius 1 is 1.57 bits per heavy atom. The zero-order chi connectivity index (χ0) is 14.2. The van der Waals surface area contributed by atoms with E-state index < -0.39 is 0 Å². The van der Waals surface area contributed by atoms with Crippen LogP contribution in [0.3, 0.4) is 0 Å². The van der Waals surface area contributed by atoms with Gasteiger partial charge < -0.3 is 10.2 Å². The molecule has 0 radical (unpaired) electrons. The van der Waals surface area contributed by atoms with Gasteiger partial charge in [0.2, 0.25) is 0 Å². The number of hydrogen-bond donors (Lipinski definition) is 1. The lowest BCUT2D eigenvalue weighted by atomic mass is 10.2. The number of hydrogen-bond acceptors (Lipinski definition) is 3. The lowest BCUT2D eigenvalue weighted by molar-refractivity contribution is 0.408. The van der Waals surface area contributed by atoms with Crippen molar-refractivity contribution < 1.29 is 0 Å². The first-order chi connectivity index (χ1) is 9.83. The van der Waals surface area contributed by atoms with Crippen LogP contribution in [0.15, 0.2) is 29.5 Å². The fraction of sp³-hybridized carbons (Fsp3) is 0.600. The number of rotatable bonds is 4. The third kappa shape index (κ3) is 6.02. The number of aromatic nitrogens is 1. The second kappa shape index (κ2) is 10.3. The van der Waals surface area contributed by atoms with Crippen LogP contribution in [0.5, 0.6) is 0 Å². The van der Waals surface area contributed by atoms with Crippen LogP contribution in [0.1, 0.15) is 18.9 Å². The molecule has 1 fully saturated rings. The summed E-state index contributed by atoms with van der Waals surface area (Å²) in [4.78, 5) is 10.9. The van der Waals surface area contributed by atoms with Gasteiger partial charge in [0.25, 0.3) is 0 Å². The summed E-state index contributed by atoms with van der Waals surface area (Å²) in [5.74, 6) is 2.23. The maximum Gasteiger partial charge on any atom is 0.193 e. The van der Waals surface area contributed by atoms with Crippen LogP contribution in [0.2, 0.25) is 0 Å². The van der Waals surface area contributed by atoms with Gasteiger partial charge >= 0.3 is 0 Å². The molecule has 1 atom stereocenters. The summed E-state index contributed by atoms with van der Waals surface area (Å²) in [7, 11) is 1.87. The summed E-state index contributed by atoms with van der Waals surface area (Å²) >= 11 is 2.08. The standard InChI is InChI=1S/C15H24N4S.HI/c1-3-14-12-19(9-10-20-14)15(16-2)18-8-6-13-5-4-7-17-11-13;/h4-5,7,11,14H,3,6,8-10,12H2,1-2H3,(H,16,18);1H. The summed E-state index contributed by atoms with van der Waals surface area (Å²) in [5.41, 5.74) is 1.26. The molecule has 2 rings (SSSR count). The van der Waals surface area contributed by atoms with Gasteiger partial charge in [-0.2, -0.15) is 11.8 Å². The monoisotopic (exact) mass is 420 g/mol. The van der Waals surface area contributed by atoms with E-state index in [1.54, 1.807) is 0 Å². The van der Waals surface area contributed by atoms with Crippen LogP contribution in [-0.4, -0.2) is 53.5 Å². The molecule has 1 N–H and O–H groups in total. The molecule has 0 saturated carbocycles. The van der Waals surface area contributed by atoms with Crippen molar-refractivity contribution in [2.75, 3.05) is 32.4 Å².